The van der Waals surface area contributed by atoms with Crippen LogP contribution < -0.4 is 4.74 Å². The number of hydrogen-bond donors (Lipinski definition) is 1. The van der Waals surface area contributed by atoms with Crippen LogP contribution in [0.1, 0.15) is 37.1 Å². The van der Waals surface area contributed by atoms with Crippen LogP contribution in [0.5, 0.6) is 5.75 Å². The number of benzene rings is 2. The molecule has 1 N–H and O–H groups in total. The van der Waals surface area contributed by atoms with Crippen LogP contribution in [-0.4, -0.2) is 40.2 Å². The number of aryl methyl sites for hydroxylation is 1. The van der Waals surface area contributed by atoms with Crippen LogP contribution in [0.15, 0.2) is 41.5 Å². The molecule has 0 radical (unpaired) electrons. The van der Waals surface area contributed by atoms with Gasteiger partial charge >= 0.3 is 6.18 Å². The SMILES string of the molecule is CC[C@H](C[C@@](O)(C=Nc1cccc2nc(C)ncc12)C(F)(F)F)c1ccc(F)c(F)c1OC. The maximum atomic E-state index is 14.1. The van der Waals surface area contributed by atoms with E-state index >= 15 is 0 Å². The highest BCUT2D eigenvalue weighted by atomic mass is 19.4. The Labute approximate surface area is 187 Å². The lowest BCUT2D eigenvalue weighted by Gasteiger charge is -2.31. The molecule has 5 nitrogen and oxygen atoms in total. The molecule has 33 heavy (non-hydrogen) atoms. The molecule has 0 saturated heterocycles. The van der Waals surface area contributed by atoms with E-state index in [4.69, 9.17) is 4.74 Å². The maximum Gasteiger partial charge on any atom is 0.422 e. The standard InChI is InChI=1S/C23H22F5N3O2/c1-4-14(15-8-9-17(24)20(25)21(15)33-3)10-22(32,23(26,27)28)12-30-18-6-5-7-19-16(18)11-29-13(2)31-19/h5-9,11-12,14,32H,4,10H2,1-3H3/t14-,22-/m1/s1. The molecule has 3 aromatic rings. The minimum Gasteiger partial charge on any atom is -0.493 e. The molecule has 0 spiro atoms. The summed E-state index contributed by atoms with van der Waals surface area (Å²) in [5.41, 5.74) is -2.69. The molecule has 0 bridgehead atoms. The second-order valence-corrected chi connectivity index (χ2v) is 7.60. The van der Waals surface area contributed by atoms with E-state index in [-0.39, 0.29) is 17.7 Å². The van der Waals surface area contributed by atoms with E-state index in [2.05, 4.69) is 15.0 Å². The Morgan fingerprint density at radius 2 is 1.91 bits per heavy atom. The zero-order valence-electron chi connectivity index (χ0n) is 18.1. The van der Waals surface area contributed by atoms with Crippen molar-refractivity contribution in [3.05, 3.63) is 59.6 Å². The molecule has 0 fully saturated rings. The molecule has 0 saturated carbocycles. The Kier molecular flexibility index (Phi) is 6.97. The van der Waals surface area contributed by atoms with Crippen molar-refractivity contribution < 1.29 is 31.8 Å². The van der Waals surface area contributed by atoms with Crippen LogP contribution in [-0.2, 0) is 0 Å². The highest BCUT2D eigenvalue weighted by molar-refractivity contribution is 5.91. The lowest BCUT2D eigenvalue weighted by atomic mass is 9.83. The second-order valence-electron chi connectivity index (χ2n) is 7.60. The van der Waals surface area contributed by atoms with Gasteiger partial charge in [-0.2, -0.15) is 17.6 Å². The molecule has 1 aromatic heterocycles. The zero-order valence-corrected chi connectivity index (χ0v) is 18.1. The summed E-state index contributed by atoms with van der Waals surface area (Å²) in [7, 11) is 1.09. The molecule has 0 amide bonds. The van der Waals surface area contributed by atoms with Gasteiger partial charge in [-0.05, 0) is 43.9 Å². The van der Waals surface area contributed by atoms with Crippen molar-refractivity contribution in [3.8, 4) is 5.75 Å². The van der Waals surface area contributed by atoms with Gasteiger partial charge in [0.25, 0.3) is 0 Å². The second kappa shape index (κ2) is 9.38. The number of aliphatic imine (C=N–C) groups is 1. The van der Waals surface area contributed by atoms with Gasteiger partial charge < -0.3 is 9.84 Å². The average Bonchev–Trinajstić information content (AvgIpc) is 2.76. The number of alkyl halides is 3. The fourth-order valence-electron chi connectivity index (χ4n) is 3.59. The van der Waals surface area contributed by atoms with Crippen molar-refractivity contribution in [3.63, 3.8) is 0 Å². The van der Waals surface area contributed by atoms with Crippen LogP contribution in [0.3, 0.4) is 0 Å². The van der Waals surface area contributed by atoms with E-state index in [1.54, 1.807) is 26.0 Å². The van der Waals surface area contributed by atoms with Gasteiger partial charge in [0.1, 0.15) is 5.82 Å². The molecule has 2 atom stereocenters. The van der Waals surface area contributed by atoms with Gasteiger partial charge in [0.15, 0.2) is 17.2 Å². The average molecular weight is 467 g/mol. The molecular weight excluding hydrogens is 445 g/mol. The van der Waals surface area contributed by atoms with Gasteiger partial charge in [0, 0.05) is 23.4 Å². The third kappa shape index (κ3) is 4.95. The number of rotatable bonds is 7. The number of methoxy groups -OCH3 is 1. The first-order valence-corrected chi connectivity index (χ1v) is 10.1. The summed E-state index contributed by atoms with van der Waals surface area (Å²) in [6.07, 6.45) is -4.00. The van der Waals surface area contributed by atoms with E-state index in [9.17, 15) is 27.1 Å². The van der Waals surface area contributed by atoms with Crippen LogP contribution in [0.2, 0.25) is 0 Å². The summed E-state index contributed by atoms with van der Waals surface area (Å²) >= 11 is 0. The van der Waals surface area contributed by atoms with Gasteiger partial charge in [-0.15, -0.1) is 0 Å². The smallest absolute Gasteiger partial charge is 0.422 e. The first-order chi connectivity index (χ1) is 15.5. The van der Waals surface area contributed by atoms with Crippen molar-refractivity contribution >= 4 is 22.8 Å². The van der Waals surface area contributed by atoms with Gasteiger partial charge in [-0.1, -0.05) is 19.1 Å². The van der Waals surface area contributed by atoms with Crippen LogP contribution >= 0.6 is 0 Å². The molecule has 0 aliphatic heterocycles. The summed E-state index contributed by atoms with van der Waals surface area (Å²) in [4.78, 5) is 12.2. The Morgan fingerprint density at radius 3 is 2.55 bits per heavy atom. The molecule has 0 aliphatic carbocycles. The quantitative estimate of drug-likeness (QED) is 0.352. The number of hydrogen-bond acceptors (Lipinski definition) is 5. The molecule has 0 unspecified atom stereocenters. The first kappa shape index (κ1) is 24.5. The molecule has 3 rings (SSSR count). The highest BCUT2D eigenvalue weighted by Crippen LogP contribution is 2.42. The minimum absolute atomic E-state index is 0.0176. The normalized spacial score (nSPS) is 15.1. The van der Waals surface area contributed by atoms with Gasteiger partial charge in [0.2, 0.25) is 5.82 Å². The number of fused-ring (bicyclic) bond motifs is 1. The molecule has 2 aromatic carbocycles. The number of ether oxygens (including phenoxy) is 1. The van der Waals surface area contributed by atoms with E-state index in [1.807, 2.05) is 0 Å². The Bertz CT molecular complexity index is 1180. The molecule has 176 valence electrons. The lowest BCUT2D eigenvalue weighted by Crippen LogP contribution is -2.47. The van der Waals surface area contributed by atoms with E-state index in [0.29, 0.717) is 22.9 Å². The number of aromatic nitrogens is 2. The summed E-state index contributed by atoms with van der Waals surface area (Å²) in [6.45, 7) is 3.25. The topological polar surface area (TPSA) is 67.6 Å². The Morgan fingerprint density at radius 1 is 1.18 bits per heavy atom. The largest absolute Gasteiger partial charge is 0.493 e. The summed E-state index contributed by atoms with van der Waals surface area (Å²) < 4.78 is 74.6. The first-order valence-electron chi connectivity index (χ1n) is 10.1. The van der Waals surface area contributed by atoms with Crippen LogP contribution in [0.25, 0.3) is 10.9 Å². The van der Waals surface area contributed by atoms with Crippen molar-refractivity contribution in [1.82, 2.24) is 9.97 Å². The number of aliphatic hydroxyl groups is 1. The fourth-order valence-corrected chi connectivity index (χ4v) is 3.59. The number of halogens is 5. The van der Waals surface area contributed by atoms with E-state index < -0.39 is 41.5 Å². The number of nitrogens with zero attached hydrogens (tertiary/aromatic N) is 3. The molecular formula is C23H22F5N3O2. The van der Waals surface area contributed by atoms with Gasteiger partial charge in [-0.3, -0.25) is 4.99 Å². The van der Waals surface area contributed by atoms with Crippen molar-refractivity contribution in [1.29, 1.82) is 0 Å². The lowest BCUT2D eigenvalue weighted by molar-refractivity contribution is -0.232. The predicted octanol–water partition coefficient (Wildman–Crippen LogP) is 5.80. The van der Waals surface area contributed by atoms with Crippen LogP contribution in [0, 0.1) is 18.6 Å². The van der Waals surface area contributed by atoms with Crippen molar-refractivity contribution in [2.75, 3.05) is 7.11 Å². The molecule has 1 heterocycles. The Balaban J connectivity index is 2.03. The maximum absolute atomic E-state index is 14.1. The predicted molar refractivity (Wildman–Crippen MR) is 114 cm³/mol. The third-order valence-electron chi connectivity index (χ3n) is 5.41. The summed E-state index contributed by atoms with van der Waals surface area (Å²) in [5.74, 6) is -3.51. The Hall–Kier alpha value is -3.14. The monoisotopic (exact) mass is 467 g/mol. The van der Waals surface area contributed by atoms with Crippen molar-refractivity contribution in [2.24, 2.45) is 4.99 Å². The summed E-state index contributed by atoms with van der Waals surface area (Å²) in [6, 6.07) is 6.69. The third-order valence-corrected chi connectivity index (χ3v) is 5.41. The van der Waals surface area contributed by atoms with Crippen molar-refractivity contribution in [2.45, 2.75) is 44.4 Å². The zero-order chi connectivity index (χ0) is 24.4. The summed E-state index contributed by atoms with van der Waals surface area (Å²) in [5, 5.41) is 11.1. The molecule has 0 aliphatic rings. The molecule has 10 heteroatoms. The fraction of sp³-hybridized carbons (Fsp3) is 0.348. The highest BCUT2D eigenvalue weighted by Gasteiger charge is 2.53. The van der Waals surface area contributed by atoms with Gasteiger partial charge in [-0.25, -0.2) is 14.4 Å². The van der Waals surface area contributed by atoms with Gasteiger partial charge in [0.05, 0.1) is 18.3 Å². The van der Waals surface area contributed by atoms with Crippen LogP contribution in [0.4, 0.5) is 27.6 Å². The van der Waals surface area contributed by atoms with E-state index in [1.165, 1.54) is 12.3 Å². The van der Waals surface area contributed by atoms with E-state index in [0.717, 1.165) is 19.2 Å². The minimum atomic E-state index is -5.09.